The minimum Gasteiger partial charge on any atom is -0.398 e. The molecule has 0 unspecified atom stereocenters. The molecule has 0 saturated heterocycles. The smallest absolute Gasteiger partial charge is 0.0997 e. The molecular formula is C12H14ClN3. The molecule has 0 aliphatic carbocycles. The highest BCUT2D eigenvalue weighted by atomic mass is 35.5. The van der Waals surface area contributed by atoms with Crippen LogP contribution in [0, 0.1) is 20.8 Å². The molecule has 0 atom stereocenters. The number of aromatic nitrogens is 2. The van der Waals surface area contributed by atoms with Crippen molar-refractivity contribution in [2.24, 2.45) is 0 Å². The van der Waals surface area contributed by atoms with Gasteiger partial charge in [-0.15, -0.1) is 0 Å². The van der Waals surface area contributed by atoms with Crippen LogP contribution in [0.3, 0.4) is 0 Å². The number of aryl methyl sites for hydroxylation is 2. The summed E-state index contributed by atoms with van der Waals surface area (Å²) < 4.78 is 2.02. The zero-order chi connectivity index (χ0) is 11.9. The molecule has 2 N–H and O–H groups in total. The molecule has 0 aliphatic rings. The lowest BCUT2D eigenvalue weighted by atomic mass is 10.1. The Morgan fingerprint density at radius 2 is 1.94 bits per heavy atom. The van der Waals surface area contributed by atoms with Gasteiger partial charge in [-0.3, -0.25) is 0 Å². The maximum Gasteiger partial charge on any atom is 0.0997 e. The van der Waals surface area contributed by atoms with Gasteiger partial charge in [-0.05, 0) is 38.5 Å². The molecule has 0 aliphatic heterocycles. The summed E-state index contributed by atoms with van der Waals surface area (Å²) in [7, 11) is 0. The zero-order valence-electron chi connectivity index (χ0n) is 9.58. The molecule has 0 saturated carbocycles. The lowest BCUT2D eigenvalue weighted by Crippen LogP contribution is -2.00. The molecule has 0 radical (unpaired) electrons. The van der Waals surface area contributed by atoms with E-state index in [2.05, 4.69) is 4.98 Å². The van der Waals surface area contributed by atoms with Crippen LogP contribution in [0.4, 0.5) is 5.69 Å². The van der Waals surface area contributed by atoms with Gasteiger partial charge in [0, 0.05) is 5.69 Å². The van der Waals surface area contributed by atoms with Gasteiger partial charge >= 0.3 is 0 Å². The van der Waals surface area contributed by atoms with Gasteiger partial charge in [0.05, 0.1) is 28.4 Å². The van der Waals surface area contributed by atoms with Crippen molar-refractivity contribution < 1.29 is 0 Å². The van der Waals surface area contributed by atoms with Gasteiger partial charge in [-0.1, -0.05) is 11.6 Å². The van der Waals surface area contributed by atoms with E-state index >= 15 is 0 Å². The van der Waals surface area contributed by atoms with E-state index in [1.165, 1.54) is 0 Å². The van der Waals surface area contributed by atoms with Gasteiger partial charge in [-0.2, -0.15) is 0 Å². The summed E-state index contributed by atoms with van der Waals surface area (Å²) in [4.78, 5) is 4.27. The number of anilines is 1. The van der Waals surface area contributed by atoms with Crippen LogP contribution >= 0.6 is 11.6 Å². The predicted molar refractivity (Wildman–Crippen MR) is 67.2 cm³/mol. The number of imidazole rings is 1. The van der Waals surface area contributed by atoms with Crippen LogP contribution in [0.25, 0.3) is 5.69 Å². The van der Waals surface area contributed by atoms with Crippen LogP contribution < -0.4 is 5.73 Å². The molecule has 84 valence electrons. The highest BCUT2D eigenvalue weighted by Crippen LogP contribution is 2.26. The summed E-state index contributed by atoms with van der Waals surface area (Å²) in [6.45, 7) is 6.03. The molecular weight excluding hydrogens is 222 g/mol. The molecule has 4 heteroatoms. The minimum atomic E-state index is 0.575. The van der Waals surface area contributed by atoms with Crippen molar-refractivity contribution in [2.45, 2.75) is 20.8 Å². The molecule has 0 bridgehead atoms. The molecule has 0 fully saturated rings. The SMILES string of the molecule is Cc1cc(N)c(Cl)cc1-n1cnc(C)c1C. The number of halogens is 1. The van der Waals surface area contributed by atoms with Crippen molar-refractivity contribution in [2.75, 3.05) is 5.73 Å². The van der Waals surface area contributed by atoms with Gasteiger partial charge in [0.1, 0.15) is 0 Å². The predicted octanol–water partition coefficient (Wildman–Crippen LogP) is 3.03. The van der Waals surface area contributed by atoms with Crippen LogP contribution in [0.15, 0.2) is 18.5 Å². The van der Waals surface area contributed by atoms with E-state index in [1.807, 2.05) is 37.5 Å². The molecule has 1 aromatic carbocycles. The summed E-state index contributed by atoms with van der Waals surface area (Å²) in [6.07, 6.45) is 1.81. The van der Waals surface area contributed by atoms with E-state index in [0.29, 0.717) is 10.7 Å². The molecule has 2 aromatic rings. The third kappa shape index (κ3) is 1.67. The number of nitrogen functional groups attached to an aromatic ring is 1. The van der Waals surface area contributed by atoms with E-state index in [-0.39, 0.29) is 0 Å². The van der Waals surface area contributed by atoms with Gasteiger partial charge in [0.2, 0.25) is 0 Å². The number of benzene rings is 1. The zero-order valence-corrected chi connectivity index (χ0v) is 10.3. The van der Waals surface area contributed by atoms with E-state index in [0.717, 1.165) is 22.6 Å². The molecule has 0 amide bonds. The fourth-order valence-electron chi connectivity index (χ4n) is 1.69. The average molecular weight is 236 g/mol. The standard InChI is InChI=1S/C12H14ClN3/c1-7-4-11(14)10(13)5-12(7)16-6-15-8(2)9(16)3/h4-6H,14H2,1-3H3. The molecule has 16 heavy (non-hydrogen) atoms. The van der Waals surface area contributed by atoms with Crippen LogP contribution in [-0.4, -0.2) is 9.55 Å². The van der Waals surface area contributed by atoms with E-state index in [1.54, 1.807) is 6.33 Å². The second-order valence-electron chi connectivity index (χ2n) is 3.95. The first kappa shape index (κ1) is 11.0. The Kier molecular flexibility index (Phi) is 2.64. The topological polar surface area (TPSA) is 43.8 Å². The van der Waals surface area contributed by atoms with Crippen LogP contribution in [0.2, 0.25) is 5.02 Å². The van der Waals surface area contributed by atoms with Crippen molar-refractivity contribution in [3.8, 4) is 5.69 Å². The van der Waals surface area contributed by atoms with Crippen LogP contribution in [0.5, 0.6) is 0 Å². The maximum atomic E-state index is 6.04. The molecule has 1 heterocycles. The van der Waals surface area contributed by atoms with Crippen molar-refractivity contribution in [1.82, 2.24) is 9.55 Å². The second kappa shape index (κ2) is 3.83. The quantitative estimate of drug-likeness (QED) is 0.773. The van der Waals surface area contributed by atoms with Gasteiger partial charge in [-0.25, -0.2) is 4.98 Å². The number of nitrogens with zero attached hydrogens (tertiary/aromatic N) is 2. The van der Waals surface area contributed by atoms with Gasteiger partial charge in [0.15, 0.2) is 0 Å². The highest BCUT2D eigenvalue weighted by molar-refractivity contribution is 6.33. The maximum absolute atomic E-state index is 6.04. The largest absolute Gasteiger partial charge is 0.398 e. The summed E-state index contributed by atoms with van der Waals surface area (Å²) in [5.74, 6) is 0. The highest BCUT2D eigenvalue weighted by Gasteiger charge is 2.09. The molecule has 2 rings (SSSR count). The van der Waals surface area contributed by atoms with E-state index in [4.69, 9.17) is 17.3 Å². The third-order valence-corrected chi connectivity index (χ3v) is 3.15. The van der Waals surface area contributed by atoms with Gasteiger partial charge in [0.25, 0.3) is 0 Å². The van der Waals surface area contributed by atoms with Crippen LogP contribution in [0.1, 0.15) is 17.0 Å². The van der Waals surface area contributed by atoms with Crippen molar-refractivity contribution in [1.29, 1.82) is 0 Å². The van der Waals surface area contributed by atoms with Crippen molar-refractivity contribution >= 4 is 17.3 Å². The number of hydrogen-bond acceptors (Lipinski definition) is 2. The van der Waals surface area contributed by atoms with Crippen molar-refractivity contribution in [3.63, 3.8) is 0 Å². The Morgan fingerprint density at radius 1 is 1.25 bits per heavy atom. The minimum absolute atomic E-state index is 0.575. The van der Waals surface area contributed by atoms with Crippen molar-refractivity contribution in [3.05, 3.63) is 40.4 Å². The normalized spacial score (nSPS) is 10.8. The monoisotopic (exact) mass is 235 g/mol. The Morgan fingerprint density at radius 3 is 2.50 bits per heavy atom. The lowest BCUT2D eigenvalue weighted by Gasteiger charge is -2.11. The Bertz CT molecular complexity index is 543. The Hall–Kier alpha value is -1.48. The van der Waals surface area contributed by atoms with Crippen LogP contribution in [-0.2, 0) is 0 Å². The van der Waals surface area contributed by atoms with E-state index < -0.39 is 0 Å². The number of hydrogen-bond donors (Lipinski definition) is 1. The first-order chi connectivity index (χ1) is 7.50. The van der Waals surface area contributed by atoms with Gasteiger partial charge < -0.3 is 10.3 Å². The summed E-state index contributed by atoms with van der Waals surface area (Å²) in [6, 6.07) is 3.76. The molecule has 1 aromatic heterocycles. The number of rotatable bonds is 1. The summed E-state index contributed by atoms with van der Waals surface area (Å²) in [5.41, 5.74) is 10.6. The molecule has 0 spiro atoms. The fraction of sp³-hybridized carbons (Fsp3) is 0.250. The summed E-state index contributed by atoms with van der Waals surface area (Å²) >= 11 is 6.04. The average Bonchev–Trinajstić information content (AvgIpc) is 2.54. The summed E-state index contributed by atoms with van der Waals surface area (Å²) in [5, 5.41) is 0.575. The molecule has 3 nitrogen and oxygen atoms in total. The number of nitrogens with two attached hydrogens (primary N) is 1. The lowest BCUT2D eigenvalue weighted by molar-refractivity contribution is 0.988. The first-order valence-electron chi connectivity index (χ1n) is 5.07. The first-order valence-corrected chi connectivity index (χ1v) is 5.45. The second-order valence-corrected chi connectivity index (χ2v) is 4.35. The fourth-order valence-corrected chi connectivity index (χ4v) is 1.85. The van der Waals surface area contributed by atoms with E-state index in [9.17, 15) is 0 Å². The Labute approximate surface area is 99.9 Å². The Balaban J connectivity index is 2.65. The third-order valence-electron chi connectivity index (χ3n) is 2.83.